The predicted molar refractivity (Wildman–Crippen MR) is 44.0 cm³/mol. The van der Waals surface area contributed by atoms with E-state index in [1.165, 1.54) is 13.3 Å². The molecule has 0 aliphatic heterocycles. The maximum atomic E-state index is 10.3. The Morgan fingerprint density at radius 2 is 1.91 bits per heavy atom. The summed E-state index contributed by atoms with van der Waals surface area (Å²) in [6, 6.07) is 0. The molecule has 0 fully saturated rings. The largest absolute Gasteiger partial charge is 0.435 e. The Morgan fingerprint density at radius 3 is 2.00 bits per heavy atom. The molecule has 0 aromatic carbocycles. The molecule has 0 aliphatic carbocycles. The van der Waals surface area contributed by atoms with E-state index < -0.39 is 12.8 Å². The first kappa shape index (κ1) is 12.8. The molecular weight excluding hydrogens is 144 g/mol. The lowest BCUT2D eigenvalue weighted by molar-refractivity contribution is -0.146. The van der Waals surface area contributed by atoms with Gasteiger partial charge in [-0.2, -0.15) is 0 Å². The van der Waals surface area contributed by atoms with Crippen LogP contribution >= 0.6 is 0 Å². The lowest BCUT2D eigenvalue weighted by atomic mass is 10.4. The Hall–Kier alpha value is -0.830. The molecule has 0 amide bonds. The molecule has 3 nitrogen and oxygen atoms in total. The first-order valence-corrected chi connectivity index (χ1v) is 3.53. The summed E-state index contributed by atoms with van der Waals surface area (Å²) < 4.78 is 4.12. The third-order valence-electron chi connectivity index (χ3n) is 0.544. The summed E-state index contributed by atoms with van der Waals surface area (Å²) in [5.41, 5.74) is 0.291. The molecule has 0 spiro atoms. The fourth-order valence-electron chi connectivity index (χ4n) is 0.182. The molecule has 0 aliphatic rings. The number of esters is 1. The molecule has 0 aromatic heterocycles. The molecule has 3 heteroatoms. The Morgan fingerprint density at radius 1 is 1.55 bits per heavy atom. The molecule has 0 bridgehead atoms. The third kappa shape index (κ3) is 12.4. The molecule has 11 heavy (non-hydrogen) atoms. The molecule has 0 saturated carbocycles. The van der Waals surface area contributed by atoms with Crippen molar-refractivity contribution < 1.29 is 14.6 Å². The van der Waals surface area contributed by atoms with Crippen LogP contribution in [0.2, 0.25) is 0 Å². The van der Waals surface area contributed by atoms with Crippen molar-refractivity contribution >= 4 is 5.97 Å². The van der Waals surface area contributed by atoms with Gasteiger partial charge in [0, 0.05) is 5.57 Å². The first-order chi connectivity index (χ1) is 5.09. The molecule has 0 atom stereocenters. The summed E-state index contributed by atoms with van der Waals surface area (Å²) in [6.45, 7) is 8.47. The zero-order valence-corrected chi connectivity index (χ0v) is 7.39. The van der Waals surface area contributed by atoms with E-state index >= 15 is 0 Å². The second-order valence-electron chi connectivity index (χ2n) is 2.05. The van der Waals surface area contributed by atoms with Gasteiger partial charge < -0.3 is 9.84 Å². The normalized spacial score (nSPS) is 7.64. The fraction of sp³-hybridized carbons (Fsp3) is 0.625. The average molecular weight is 160 g/mol. The average Bonchev–Trinajstić information content (AvgIpc) is 1.90. The number of hydrogen-bond acceptors (Lipinski definition) is 3. The number of ether oxygens (including phenoxy) is 1. The minimum absolute atomic E-state index is 0.291. The summed E-state index contributed by atoms with van der Waals surface area (Å²) in [5, 5.41) is 8.00. The SMILES string of the molecule is C=C(C)C(=O)OCO.CCC. The number of hydrogen-bond donors (Lipinski definition) is 1. The van der Waals surface area contributed by atoms with Gasteiger partial charge in [0.25, 0.3) is 0 Å². The number of aliphatic hydroxyl groups excluding tert-OH is 1. The summed E-state index contributed by atoms with van der Waals surface area (Å²) >= 11 is 0. The van der Waals surface area contributed by atoms with Crippen molar-refractivity contribution in [3.8, 4) is 0 Å². The molecule has 0 radical (unpaired) electrons. The summed E-state index contributed by atoms with van der Waals surface area (Å²) in [6.07, 6.45) is 1.25. The van der Waals surface area contributed by atoms with Crippen molar-refractivity contribution in [1.29, 1.82) is 0 Å². The molecule has 0 unspecified atom stereocenters. The van der Waals surface area contributed by atoms with Gasteiger partial charge in [-0.15, -0.1) is 0 Å². The zero-order chi connectivity index (χ0) is 9.28. The van der Waals surface area contributed by atoms with Crippen molar-refractivity contribution in [3.63, 3.8) is 0 Å². The second-order valence-corrected chi connectivity index (χ2v) is 2.05. The fourth-order valence-corrected chi connectivity index (χ4v) is 0.182. The van der Waals surface area contributed by atoms with Gasteiger partial charge in [0.2, 0.25) is 0 Å². The Balaban J connectivity index is 0. The van der Waals surface area contributed by atoms with Gasteiger partial charge in [0.15, 0.2) is 6.79 Å². The highest BCUT2D eigenvalue weighted by molar-refractivity contribution is 5.86. The molecule has 0 aromatic rings. The molecular formula is C8H16O3. The molecule has 0 rings (SSSR count). The topological polar surface area (TPSA) is 46.5 Å². The molecule has 66 valence electrons. The molecule has 0 heterocycles. The monoisotopic (exact) mass is 160 g/mol. The van der Waals surface area contributed by atoms with Gasteiger partial charge in [0.1, 0.15) is 0 Å². The molecule has 1 N–H and O–H groups in total. The van der Waals surface area contributed by atoms with Crippen LogP contribution in [0.15, 0.2) is 12.2 Å². The van der Waals surface area contributed by atoms with Crippen LogP contribution in [0.25, 0.3) is 0 Å². The van der Waals surface area contributed by atoms with E-state index in [2.05, 4.69) is 25.2 Å². The third-order valence-corrected chi connectivity index (χ3v) is 0.544. The lowest BCUT2D eigenvalue weighted by Crippen LogP contribution is -2.04. The Bertz CT molecular complexity index is 119. The van der Waals surface area contributed by atoms with E-state index in [4.69, 9.17) is 5.11 Å². The van der Waals surface area contributed by atoms with E-state index in [-0.39, 0.29) is 0 Å². The van der Waals surface area contributed by atoms with Crippen LogP contribution in [-0.4, -0.2) is 17.9 Å². The van der Waals surface area contributed by atoms with Crippen LogP contribution in [0.1, 0.15) is 27.2 Å². The van der Waals surface area contributed by atoms with Crippen LogP contribution < -0.4 is 0 Å². The standard InChI is InChI=1S/C5H8O3.C3H8/c1-4(2)5(7)8-3-6;1-3-2/h6H,1,3H2,2H3;3H2,1-2H3. The van der Waals surface area contributed by atoms with Crippen molar-refractivity contribution in [2.24, 2.45) is 0 Å². The zero-order valence-electron chi connectivity index (χ0n) is 7.39. The minimum atomic E-state index is -0.578. The predicted octanol–water partition coefficient (Wildman–Crippen LogP) is 1.47. The van der Waals surface area contributed by atoms with Crippen LogP contribution in [0.4, 0.5) is 0 Å². The smallest absolute Gasteiger partial charge is 0.335 e. The highest BCUT2D eigenvalue weighted by atomic mass is 16.6. The summed E-state index contributed by atoms with van der Waals surface area (Å²) in [4.78, 5) is 10.3. The number of carbonyl (C=O) groups is 1. The maximum Gasteiger partial charge on any atom is 0.335 e. The summed E-state index contributed by atoms with van der Waals surface area (Å²) in [7, 11) is 0. The second kappa shape index (κ2) is 9.17. The highest BCUT2D eigenvalue weighted by Crippen LogP contribution is 1.88. The van der Waals surface area contributed by atoms with Gasteiger partial charge in [0.05, 0.1) is 0 Å². The number of aliphatic hydroxyl groups is 1. The van der Waals surface area contributed by atoms with E-state index in [1.807, 2.05) is 0 Å². The minimum Gasteiger partial charge on any atom is -0.435 e. The van der Waals surface area contributed by atoms with E-state index in [1.54, 1.807) is 0 Å². The maximum absolute atomic E-state index is 10.3. The number of rotatable bonds is 2. The van der Waals surface area contributed by atoms with Crippen LogP contribution in [0, 0.1) is 0 Å². The van der Waals surface area contributed by atoms with E-state index in [9.17, 15) is 4.79 Å². The van der Waals surface area contributed by atoms with Gasteiger partial charge in [-0.1, -0.05) is 26.8 Å². The summed E-state index contributed by atoms with van der Waals surface area (Å²) in [5.74, 6) is -0.562. The van der Waals surface area contributed by atoms with Gasteiger partial charge in [-0.25, -0.2) is 4.79 Å². The number of carbonyl (C=O) groups excluding carboxylic acids is 1. The van der Waals surface area contributed by atoms with Crippen molar-refractivity contribution in [2.45, 2.75) is 27.2 Å². The van der Waals surface area contributed by atoms with Crippen molar-refractivity contribution in [3.05, 3.63) is 12.2 Å². The van der Waals surface area contributed by atoms with Gasteiger partial charge in [-0.05, 0) is 6.92 Å². The van der Waals surface area contributed by atoms with Crippen LogP contribution in [0.5, 0.6) is 0 Å². The van der Waals surface area contributed by atoms with Crippen molar-refractivity contribution in [2.75, 3.05) is 6.79 Å². The van der Waals surface area contributed by atoms with E-state index in [0.29, 0.717) is 5.57 Å². The molecule has 0 saturated heterocycles. The van der Waals surface area contributed by atoms with Crippen LogP contribution in [-0.2, 0) is 9.53 Å². The van der Waals surface area contributed by atoms with Gasteiger partial charge in [-0.3, -0.25) is 0 Å². The Labute approximate surface area is 67.7 Å². The van der Waals surface area contributed by atoms with Crippen LogP contribution in [0.3, 0.4) is 0 Å². The van der Waals surface area contributed by atoms with E-state index in [0.717, 1.165) is 0 Å². The lowest BCUT2D eigenvalue weighted by Gasteiger charge is -1.95. The first-order valence-electron chi connectivity index (χ1n) is 3.53. The Kier molecular flexibility index (Phi) is 10.7. The highest BCUT2D eigenvalue weighted by Gasteiger charge is 1.98. The quantitative estimate of drug-likeness (QED) is 0.378. The van der Waals surface area contributed by atoms with Gasteiger partial charge >= 0.3 is 5.97 Å². The van der Waals surface area contributed by atoms with Crippen molar-refractivity contribution in [1.82, 2.24) is 0 Å².